The van der Waals surface area contributed by atoms with Crippen LogP contribution in [0.3, 0.4) is 0 Å². The fraction of sp³-hybridized carbons (Fsp3) is 0.934. The van der Waals surface area contributed by atoms with Gasteiger partial charge < -0.3 is 33.8 Å². The van der Waals surface area contributed by atoms with E-state index in [1.165, 1.54) is 77.0 Å². The molecule has 0 spiro atoms. The molecule has 3 N–H and O–H groups in total. The maximum Gasteiger partial charge on any atom is 0.472 e. The summed E-state index contributed by atoms with van der Waals surface area (Å²) in [5, 5.41) is 10.5. The van der Waals surface area contributed by atoms with Crippen LogP contribution in [-0.2, 0) is 65.4 Å². The van der Waals surface area contributed by atoms with Gasteiger partial charge in [-0.2, -0.15) is 0 Å². The van der Waals surface area contributed by atoms with Crippen molar-refractivity contribution in [2.75, 3.05) is 39.6 Å². The summed E-state index contributed by atoms with van der Waals surface area (Å²) in [6.45, 7) is 13.8. The van der Waals surface area contributed by atoms with E-state index in [1.54, 1.807) is 0 Å². The van der Waals surface area contributed by atoms with Crippen molar-refractivity contribution in [1.82, 2.24) is 0 Å². The van der Waals surface area contributed by atoms with Gasteiger partial charge in [-0.15, -0.1) is 0 Å². The molecule has 0 saturated heterocycles. The lowest BCUT2D eigenvalue weighted by Crippen LogP contribution is -2.30. The van der Waals surface area contributed by atoms with Gasteiger partial charge in [-0.05, 0) is 49.4 Å². The number of phosphoric ester groups is 2. The average molecular weight is 1190 g/mol. The summed E-state index contributed by atoms with van der Waals surface area (Å²) in [5.74, 6) is 0.667. The van der Waals surface area contributed by atoms with Crippen LogP contribution < -0.4 is 0 Å². The Labute approximate surface area is 486 Å². The zero-order valence-corrected chi connectivity index (χ0v) is 53.5. The minimum atomic E-state index is -4.94. The van der Waals surface area contributed by atoms with Gasteiger partial charge in [0.1, 0.15) is 19.3 Å². The van der Waals surface area contributed by atoms with Gasteiger partial charge >= 0.3 is 39.5 Å². The molecule has 17 nitrogen and oxygen atoms in total. The number of unbranched alkanes of at least 4 members (excludes halogenated alkanes) is 23. The first-order valence-corrected chi connectivity index (χ1v) is 34.7. The smallest absolute Gasteiger partial charge is 0.462 e. The predicted molar refractivity (Wildman–Crippen MR) is 317 cm³/mol. The monoisotopic (exact) mass is 1180 g/mol. The van der Waals surface area contributed by atoms with Crippen molar-refractivity contribution in [3.63, 3.8) is 0 Å². The van der Waals surface area contributed by atoms with E-state index in [9.17, 15) is 43.2 Å². The molecule has 0 heterocycles. The van der Waals surface area contributed by atoms with Gasteiger partial charge in [0, 0.05) is 25.7 Å². The van der Waals surface area contributed by atoms with E-state index in [2.05, 4.69) is 55.4 Å². The van der Waals surface area contributed by atoms with Crippen LogP contribution in [0.4, 0.5) is 0 Å². The molecular formula is C61H118O17P2. The summed E-state index contributed by atoms with van der Waals surface area (Å²) in [7, 11) is -9.88. The Hall–Kier alpha value is -1.94. The third kappa shape index (κ3) is 54.0. The van der Waals surface area contributed by atoms with Crippen molar-refractivity contribution in [1.29, 1.82) is 0 Å². The molecule has 6 atom stereocenters. The van der Waals surface area contributed by atoms with Crippen molar-refractivity contribution in [2.24, 2.45) is 23.7 Å². The fourth-order valence-electron chi connectivity index (χ4n) is 8.87. The van der Waals surface area contributed by atoms with Crippen molar-refractivity contribution in [2.45, 2.75) is 305 Å². The molecule has 0 aromatic rings. The number of carbonyl (C=O) groups is 4. The van der Waals surface area contributed by atoms with Gasteiger partial charge in [0.25, 0.3) is 0 Å². The van der Waals surface area contributed by atoms with Gasteiger partial charge in [-0.25, -0.2) is 9.13 Å². The zero-order valence-electron chi connectivity index (χ0n) is 51.7. The van der Waals surface area contributed by atoms with E-state index < -0.39 is 97.5 Å². The highest BCUT2D eigenvalue weighted by molar-refractivity contribution is 7.47. The fourth-order valence-corrected chi connectivity index (χ4v) is 10.4. The lowest BCUT2D eigenvalue weighted by Gasteiger charge is -2.21. The van der Waals surface area contributed by atoms with Crippen molar-refractivity contribution in [3.8, 4) is 0 Å². The number of rotatable bonds is 58. The molecule has 0 aliphatic heterocycles. The second-order valence-corrected chi connectivity index (χ2v) is 26.7. The van der Waals surface area contributed by atoms with Crippen LogP contribution in [0.2, 0.25) is 0 Å². The van der Waals surface area contributed by atoms with Crippen LogP contribution >= 0.6 is 15.6 Å². The van der Waals surface area contributed by atoms with Gasteiger partial charge in [-0.3, -0.25) is 37.3 Å². The van der Waals surface area contributed by atoms with Crippen LogP contribution in [0.15, 0.2) is 0 Å². The Bertz CT molecular complexity index is 1610. The molecule has 0 radical (unpaired) electrons. The lowest BCUT2D eigenvalue weighted by atomic mass is 10.00. The molecule has 474 valence electrons. The van der Waals surface area contributed by atoms with Crippen LogP contribution in [0, 0.1) is 23.7 Å². The summed E-state index contributed by atoms with van der Waals surface area (Å²) >= 11 is 0. The van der Waals surface area contributed by atoms with Gasteiger partial charge in [0.15, 0.2) is 12.2 Å². The predicted octanol–water partition coefficient (Wildman–Crippen LogP) is 16.2. The van der Waals surface area contributed by atoms with Crippen molar-refractivity contribution in [3.05, 3.63) is 0 Å². The molecule has 0 aromatic heterocycles. The van der Waals surface area contributed by atoms with Gasteiger partial charge in [0.05, 0.1) is 26.4 Å². The molecule has 0 rings (SSSR count). The summed E-state index contributed by atoms with van der Waals surface area (Å²) in [4.78, 5) is 72.0. The molecule has 80 heavy (non-hydrogen) atoms. The van der Waals surface area contributed by atoms with E-state index in [4.69, 9.17) is 37.0 Å². The van der Waals surface area contributed by atoms with Gasteiger partial charge in [-0.1, -0.05) is 235 Å². The van der Waals surface area contributed by atoms with Crippen molar-refractivity contribution >= 4 is 39.5 Å². The van der Waals surface area contributed by atoms with E-state index in [0.29, 0.717) is 37.5 Å². The lowest BCUT2D eigenvalue weighted by molar-refractivity contribution is -0.161. The van der Waals surface area contributed by atoms with E-state index in [-0.39, 0.29) is 25.7 Å². The number of hydrogen-bond acceptors (Lipinski definition) is 15. The molecule has 0 aliphatic carbocycles. The van der Waals surface area contributed by atoms with Crippen molar-refractivity contribution < 1.29 is 80.2 Å². The Morgan fingerprint density at radius 1 is 0.350 bits per heavy atom. The molecule has 0 fully saturated rings. The Kier molecular flexibility index (Phi) is 50.2. The number of ether oxygens (including phenoxy) is 4. The van der Waals surface area contributed by atoms with E-state index in [1.807, 2.05) is 0 Å². The first-order valence-electron chi connectivity index (χ1n) is 31.7. The molecule has 19 heteroatoms. The molecule has 0 bridgehead atoms. The van der Waals surface area contributed by atoms with E-state index in [0.717, 1.165) is 115 Å². The topological polar surface area (TPSA) is 237 Å². The molecule has 0 aromatic carbocycles. The average Bonchev–Trinajstić information content (AvgIpc) is 3.40. The summed E-state index contributed by atoms with van der Waals surface area (Å²) < 4.78 is 67.8. The molecular weight excluding hydrogens is 1070 g/mol. The third-order valence-corrected chi connectivity index (χ3v) is 16.1. The number of hydrogen-bond donors (Lipinski definition) is 3. The second-order valence-electron chi connectivity index (χ2n) is 23.8. The van der Waals surface area contributed by atoms with Crippen LogP contribution in [-0.4, -0.2) is 96.7 Å². The molecule has 0 amide bonds. The minimum absolute atomic E-state index is 0.100. The van der Waals surface area contributed by atoms with Crippen LogP contribution in [0.25, 0.3) is 0 Å². The molecule has 0 saturated carbocycles. The first-order chi connectivity index (χ1) is 38.1. The SMILES string of the molecule is CCC(C)CCCCCCCCC(=O)OC[C@H](COP(=O)(O)OC[C@H](O)COP(=O)(O)OC[C@@H](COC(=O)CCCCCCCCC(C)C)OC(=O)CCCCCCCCCCCC(C)C)OC(=O)CCCCCCCCC(C)C. The van der Waals surface area contributed by atoms with Gasteiger partial charge in [0.2, 0.25) is 0 Å². The number of aliphatic hydroxyl groups is 1. The maximum absolute atomic E-state index is 12.9. The normalized spacial score (nSPS) is 14.9. The number of esters is 4. The Balaban J connectivity index is 5.25. The first kappa shape index (κ1) is 78.1. The standard InChI is InChI=1S/C61H118O17P2/c1-9-54(8)40-32-24-17-20-26-34-42-59(64)72-48-57(78-61(66)44-36-28-19-16-23-31-39-53(6)7)50-76-80(69,70)74-46-55(62)45-73-79(67,68)75-49-56(47-71-58(63)41-33-25-18-15-22-30-38-52(4)5)77-60(65)43-35-27-14-12-10-11-13-21-29-37-51(2)3/h51-57,62H,9-50H2,1-8H3,(H,67,68)(H,69,70)/t54?,55-,56-,57-/m1/s1. The minimum Gasteiger partial charge on any atom is -0.462 e. The highest BCUT2D eigenvalue weighted by atomic mass is 31.2. The summed E-state index contributed by atoms with van der Waals surface area (Å²) in [6.07, 6.45) is 29.7. The number of aliphatic hydroxyl groups excluding tert-OH is 1. The summed E-state index contributed by atoms with van der Waals surface area (Å²) in [6, 6.07) is 0. The van der Waals surface area contributed by atoms with E-state index >= 15 is 0 Å². The number of phosphoric acid groups is 2. The molecule has 3 unspecified atom stereocenters. The number of carbonyl (C=O) groups excluding carboxylic acids is 4. The largest absolute Gasteiger partial charge is 0.472 e. The van der Waals surface area contributed by atoms with Crippen LogP contribution in [0.1, 0.15) is 287 Å². The summed E-state index contributed by atoms with van der Waals surface area (Å²) in [5.41, 5.74) is 0. The maximum atomic E-state index is 12.9. The molecule has 0 aliphatic rings. The second kappa shape index (κ2) is 51.5. The third-order valence-electron chi connectivity index (χ3n) is 14.2. The Morgan fingerprint density at radius 2 is 0.600 bits per heavy atom. The Morgan fingerprint density at radius 3 is 0.887 bits per heavy atom. The quantitative estimate of drug-likeness (QED) is 0.0222. The van der Waals surface area contributed by atoms with Crippen LogP contribution in [0.5, 0.6) is 0 Å². The highest BCUT2D eigenvalue weighted by Crippen LogP contribution is 2.45. The highest BCUT2D eigenvalue weighted by Gasteiger charge is 2.30. The zero-order chi connectivity index (χ0) is 59.7.